The van der Waals surface area contributed by atoms with Gasteiger partial charge in [0.2, 0.25) is 5.91 Å². The predicted octanol–water partition coefficient (Wildman–Crippen LogP) is 3.06. The molecule has 0 unspecified atom stereocenters. The zero-order chi connectivity index (χ0) is 20.2. The highest BCUT2D eigenvalue weighted by atomic mass is 32.1. The summed E-state index contributed by atoms with van der Waals surface area (Å²) in [5.74, 6) is 0.0695. The van der Waals surface area contributed by atoms with Gasteiger partial charge in [0.1, 0.15) is 12.7 Å². The van der Waals surface area contributed by atoms with Gasteiger partial charge in [0.15, 0.2) is 0 Å². The standard InChI is InChI=1S/C21H23N5O2S/c1-15(16-4-6-18(7-5-16)26-14-22-13-23-26)24-20(27)17-8-10-25(11-9-17)21(28)19-3-2-12-29-19/h2-7,12-15,17H,8-11H2,1H3,(H,24,27)/t15-/m0/s1. The van der Waals surface area contributed by atoms with E-state index < -0.39 is 0 Å². The van der Waals surface area contributed by atoms with Crippen LogP contribution < -0.4 is 5.32 Å². The smallest absolute Gasteiger partial charge is 0.263 e. The maximum Gasteiger partial charge on any atom is 0.263 e. The summed E-state index contributed by atoms with van der Waals surface area (Å²) in [6.45, 7) is 3.23. The zero-order valence-corrected chi connectivity index (χ0v) is 17.0. The largest absolute Gasteiger partial charge is 0.349 e. The van der Waals surface area contributed by atoms with E-state index in [4.69, 9.17) is 0 Å². The normalized spacial score (nSPS) is 15.8. The third-order valence-corrected chi connectivity index (χ3v) is 6.18. The lowest BCUT2D eigenvalue weighted by Gasteiger charge is -2.31. The van der Waals surface area contributed by atoms with Crippen LogP contribution in [0.5, 0.6) is 0 Å². The van der Waals surface area contributed by atoms with Gasteiger partial charge in [-0.3, -0.25) is 9.59 Å². The molecule has 1 aromatic carbocycles. The number of amides is 2. The minimum Gasteiger partial charge on any atom is -0.349 e. The fourth-order valence-electron chi connectivity index (χ4n) is 3.57. The van der Waals surface area contributed by atoms with Crippen LogP contribution in [0.1, 0.15) is 41.0 Å². The lowest BCUT2D eigenvalue weighted by Crippen LogP contribution is -2.43. The molecule has 3 heterocycles. The van der Waals surface area contributed by atoms with Crippen molar-refractivity contribution in [2.45, 2.75) is 25.8 Å². The van der Waals surface area contributed by atoms with Gasteiger partial charge in [-0.25, -0.2) is 9.67 Å². The highest BCUT2D eigenvalue weighted by molar-refractivity contribution is 7.12. The third kappa shape index (κ3) is 4.37. The maximum absolute atomic E-state index is 12.7. The fraction of sp³-hybridized carbons (Fsp3) is 0.333. The minimum absolute atomic E-state index is 0.0562. The van der Waals surface area contributed by atoms with E-state index in [2.05, 4.69) is 15.4 Å². The molecule has 2 aromatic heterocycles. The van der Waals surface area contributed by atoms with E-state index >= 15 is 0 Å². The van der Waals surface area contributed by atoms with Gasteiger partial charge >= 0.3 is 0 Å². The Labute approximate surface area is 173 Å². The summed E-state index contributed by atoms with van der Waals surface area (Å²) in [7, 11) is 0. The van der Waals surface area contributed by atoms with Crippen LogP contribution in [0.25, 0.3) is 5.69 Å². The lowest BCUT2D eigenvalue weighted by molar-refractivity contribution is -0.126. The Morgan fingerprint density at radius 3 is 2.55 bits per heavy atom. The number of nitrogens with one attached hydrogen (secondary N) is 1. The fourth-order valence-corrected chi connectivity index (χ4v) is 4.26. The van der Waals surface area contributed by atoms with E-state index in [1.54, 1.807) is 11.0 Å². The Hall–Kier alpha value is -3.00. The highest BCUT2D eigenvalue weighted by Gasteiger charge is 2.28. The summed E-state index contributed by atoms with van der Waals surface area (Å²) in [5.41, 5.74) is 1.96. The Morgan fingerprint density at radius 2 is 1.93 bits per heavy atom. The van der Waals surface area contributed by atoms with Gasteiger partial charge in [-0.1, -0.05) is 18.2 Å². The maximum atomic E-state index is 12.7. The van der Waals surface area contributed by atoms with Crippen molar-refractivity contribution in [3.63, 3.8) is 0 Å². The van der Waals surface area contributed by atoms with Crippen LogP contribution in [-0.2, 0) is 4.79 Å². The second-order valence-electron chi connectivity index (χ2n) is 7.21. The van der Waals surface area contributed by atoms with Gasteiger partial charge in [-0.15, -0.1) is 11.3 Å². The van der Waals surface area contributed by atoms with Crippen LogP contribution in [0.3, 0.4) is 0 Å². The van der Waals surface area contributed by atoms with E-state index in [-0.39, 0.29) is 23.8 Å². The number of hydrogen-bond donors (Lipinski definition) is 1. The second kappa shape index (κ2) is 8.57. The summed E-state index contributed by atoms with van der Waals surface area (Å²) in [6.07, 6.45) is 4.54. The summed E-state index contributed by atoms with van der Waals surface area (Å²) in [6, 6.07) is 11.6. The van der Waals surface area contributed by atoms with Gasteiger partial charge in [0, 0.05) is 19.0 Å². The molecule has 8 heteroatoms. The molecule has 1 aliphatic rings. The van der Waals surface area contributed by atoms with Crippen molar-refractivity contribution in [2.75, 3.05) is 13.1 Å². The summed E-state index contributed by atoms with van der Waals surface area (Å²) < 4.78 is 1.69. The van der Waals surface area contributed by atoms with Gasteiger partial charge in [0.05, 0.1) is 16.6 Å². The SMILES string of the molecule is C[C@H](NC(=O)C1CCN(C(=O)c2cccs2)CC1)c1ccc(-n2cncn2)cc1. The molecular weight excluding hydrogens is 386 g/mol. The van der Waals surface area contributed by atoms with E-state index in [0.29, 0.717) is 25.9 Å². The van der Waals surface area contributed by atoms with Crippen molar-refractivity contribution >= 4 is 23.2 Å². The molecule has 1 saturated heterocycles. The van der Waals surface area contributed by atoms with Crippen molar-refractivity contribution in [3.8, 4) is 5.69 Å². The van der Waals surface area contributed by atoms with Crippen LogP contribution in [0, 0.1) is 5.92 Å². The quantitative estimate of drug-likeness (QED) is 0.702. The number of likely N-dealkylation sites (tertiary alicyclic amines) is 1. The first kappa shape index (κ1) is 19.3. The topological polar surface area (TPSA) is 80.1 Å². The van der Waals surface area contributed by atoms with E-state index in [0.717, 1.165) is 16.1 Å². The molecule has 4 rings (SSSR count). The van der Waals surface area contributed by atoms with Gasteiger partial charge in [-0.05, 0) is 48.9 Å². The average molecular weight is 410 g/mol. The number of piperidine rings is 1. The number of carbonyl (C=O) groups excluding carboxylic acids is 2. The van der Waals surface area contributed by atoms with E-state index in [1.165, 1.54) is 17.7 Å². The number of rotatable bonds is 5. The zero-order valence-electron chi connectivity index (χ0n) is 16.2. The third-order valence-electron chi connectivity index (χ3n) is 5.32. The van der Waals surface area contributed by atoms with Crippen LogP contribution in [0.2, 0.25) is 0 Å². The number of thiophene rings is 1. The predicted molar refractivity (Wildman–Crippen MR) is 111 cm³/mol. The Balaban J connectivity index is 1.30. The first-order valence-corrected chi connectivity index (χ1v) is 10.6. The van der Waals surface area contributed by atoms with Crippen LogP contribution >= 0.6 is 11.3 Å². The molecule has 2 amide bonds. The molecule has 0 radical (unpaired) electrons. The molecule has 150 valence electrons. The van der Waals surface area contributed by atoms with Gasteiger partial charge < -0.3 is 10.2 Å². The molecule has 1 aliphatic heterocycles. The molecule has 1 atom stereocenters. The first-order chi connectivity index (χ1) is 14.1. The molecule has 7 nitrogen and oxygen atoms in total. The van der Waals surface area contributed by atoms with Crippen molar-refractivity contribution in [1.29, 1.82) is 0 Å². The number of hydrogen-bond acceptors (Lipinski definition) is 5. The molecule has 29 heavy (non-hydrogen) atoms. The Morgan fingerprint density at radius 1 is 1.17 bits per heavy atom. The second-order valence-corrected chi connectivity index (χ2v) is 8.15. The Kier molecular flexibility index (Phi) is 5.71. The Bertz CT molecular complexity index is 946. The molecule has 1 N–H and O–H groups in total. The van der Waals surface area contributed by atoms with Crippen molar-refractivity contribution < 1.29 is 9.59 Å². The van der Waals surface area contributed by atoms with E-state index in [9.17, 15) is 9.59 Å². The molecule has 0 aliphatic carbocycles. The van der Waals surface area contributed by atoms with E-state index in [1.807, 2.05) is 53.6 Å². The lowest BCUT2D eigenvalue weighted by atomic mass is 9.95. The van der Waals surface area contributed by atoms with Crippen LogP contribution in [-0.4, -0.2) is 44.6 Å². The molecule has 0 saturated carbocycles. The van der Waals surface area contributed by atoms with Crippen molar-refractivity contribution in [1.82, 2.24) is 25.0 Å². The number of nitrogens with zero attached hydrogens (tertiary/aromatic N) is 4. The molecule has 1 fully saturated rings. The number of aromatic nitrogens is 3. The molecule has 0 bridgehead atoms. The van der Waals surface area contributed by atoms with Crippen LogP contribution in [0.15, 0.2) is 54.4 Å². The van der Waals surface area contributed by atoms with Gasteiger partial charge in [-0.2, -0.15) is 5.10 Å². The summed E-state index contributed by atoms with van der Waals surface area (Å²) >= 11 is 1.46. The molecule has 3 aromatic rings. The first-order valence-electron chi connectivity index (χ1n) is 9.70. The van der Waals surface area contributed by atoms with Gasteiger partial charge in [0.25, 0.3) is 5.91 Å². The minimum atomic E-state index is -0.0851. The van der Waals surface area contributed by atoms with Crippen molar-refractivity contribution in [3.05, 3.63) is 64.9 Å². The molecular formula is C21H23N5O2S. The van der Waals surface area contributed by atoms with Crippen molar-refractivity contribution in [2.24, 2.45) is 5.92 Å². The average Bonchev–Trinajstić information content (AvgIpc) is 3.47. The number of carbonyl (C=O) groups is 2. The highest BCUT2D eigenvalue weighted by Crippen LogP contribution is 2.22. The number of benzene rings is 1. The summed E-state index contributed by atoms with van der Waals surface area (Å²) in [4.78, 5) is 31.7. The molecule has 0 spiro atoms. The van der Waals surface area contributed by atoms with Crippen LogP contribution in [0.4, 0.5) is 0 Å². The summed E-state index contributed by atoms with van der Waals surface area (Å²) in [5, 5.41) is 9.14. The monoisotopic (exact) mass is 409 g/mol.